The topological polar surface area (TPSA) is 95.5 Å². The molecule has 0 aliphatic rings. The van der Waals surface area contributed by atoms with Crippen LogP contribution in [0, 0.1) is 0 Å². The van der Waals surface area contributed by atoms with Crippen molar-refractivity contribution in [1.82, 2.24) is 0 Å². The number of hydrogen-bond donors (Lipinski definition) is 3. The van der Waals surface area contributed by atoms with Gasteiger partial charge in [-0.05, 0) is 29.3 Å². The predicted molar refractivity (Wildman–Crippen MR) is 136 cm³/mol. The average Bonchev–Trinajstić information content (AvgIpc) is 2.81. The lowest BCUT2D eigenvalue weighted by atomic mass is 10.1. The van der Waals surface area contributed by atoms with Gasteiger partial charge in [0.1, 0.15) is 0 Å². The van der Waals surface area contributed by atoms with Gasteiger partial charge in [0.05, 0.1) is 28.4 Å². The second kappa shape index (κ2) is 12.7. The summed E-state index contributed by atoms with van der Waals surface area (Å²) in [6.07, 6.45) is 0. The highest BCUT2D eigenvalue weighted by Gasteiger charge is 2.14. The molecule has 8 heteroatoms. The molecule has 0 unspecified atom stereocenters. The molecule has 0 aliphatic carbocycles. The number of carbonyl (C=O) groups is 3. The van der Waals surface area contributed by atoms with Crippen LogP contribution >= 0.6 is 23.5 Å². The Morgan fingerprint density at radius 2 is 1.15 bits per heavy atom. The molecule has 6 nitrogen and oxygen atoms in total. The molecule has 3 N–H and O–H groups in total. The van der Waals surface area contributed by atoms with E-state index in [0.29, 0.717) is 17.2 Å². The van der Waals surface area contributed by atoms with Crippen LogP contribution in [0.5, 0.6) is 0 Å². The lowest BCUT2D eigenvalue weighted by molar-refractivity contribution is -0.114. The van der Waals surface area contributed by atoms with Crippen LogP contribution in [0.1, 0.15) is 21.5 Å². The molecule has 0 fully saturated rings. The molecule has 0 radical (unpaired) electrons. The second-order valence-corrected chi connectivity index (χ2v) is 9.09. The summed E-state index contributed by atoms with van der Waals surface area (Å²) in [6.45, 7) is 0. The Bertz CT molecular complexity index is 1090. The quantitative estimate of drug-likeness (QED) is 0.352. The van der Waals surface area contributed by atoms with Crippen molar-refractivity contribution in [2.24, 2.45) is 0 Å². The molecule has 3 rings (SSSR count). The minimum absolute atomic E-state index is 0.0266. The van der Waals surface area contributed by atoms with Crippen molar-refractivity contribution in [2.45, 2.75) is 11.5 Å². The summed E-state index contributed by atoms with van der Waals surface area (Å²) in [7, 11) is 0. The SMILES string of the molecule is O=C(CSCc1ccccc1)Nc1ccc(C(=O)O)cc1NC(=O)CSCc1ccccc1. The van der Waals surface area contributed by atoms with E-state index in [4.69, 9.17) is 0 Å². The molecular weight excluding hydrogens is 456 g/mol. The summed E-state index contributed by atoms with van der Waals surface area (Å²) in [5.41, 5.74) is 2.90. The highest BCUT2D eigenvalue weighted by molar-refractivity contribution is 7.99. The molecule has 2 amide bonds. The summed E-state index contributed by atoms with van der Waals surface area (Å²) < 4.78 is 0. The van der Waals surface area contributed by atoms with Crippen LogP contribution in [0.2, 0.25) is 0 Å². The number of anilines is 2. The third-order valence-electron chi connectivity index (χ3n) is 4.50. The average molecular weight is 481 g/mol. The van der Waals surface area contributed by atoms with Gasteiger partial charge >= 0.3 is 5.97 Å². The van der Waals surface area contributed by atoms with E-state index in [1.54, 1.807) is 0 Å². The first-order valence-corrected chi connectivity index (χ1v) is 12.5. The number of nitrogens with one attached hydrogen (secondary N) is 2. The highest BCUT2D eigenvalue weighted by atomic mass is 32.2. The summed E-state index contributed by atoms with van der Waals surface area (Å²) in [5.74, 6) is 0.211. The number of aromatic carboxylic acids is 1. The molecule has 3 aromatic carbocycles. The molecule has 0 bridgehead atoms. The van der Waals surface area contributed by atoms with Gasteiger partial charge in [-0.25, -0.2) is 4.79 Å². The Morgan fingerprint density at radius 3 is 1.64 bits per heavy atom. The van der Waals surface area contributed by atoms with Crippen molar-refractivity contribution < 1.29 is 19.5 Å². The van der Waals surface area contributed by atoms with Gasteiger partial charge in [0, 0.05) is 11.5 Å². The van der Waals surface area contributed by atoms with Crippen LogP contribution in [0.4, 0.5) is 11.4 Å². The van der Waals surface area contributed by atoms with Crippen molar-refractivity contribution in [3.05, 3.63) is 95.6 Å². The summed E-state index contributed by atoms with van der Waals surface area (Å²) >= 11 is 2.93. The number of carbonyl (C=O) groups excluding carboxylic acids is 2. The Kier molecular flexibility index (Phi) is 9.41. The van der Waals surface area contributed by atoms with Crippen LogP contribution < -0.4 is 10.6 Å². The van der Waals surface area contributed by atoms with Gasteiger partial charge in [0.15, 0.2) is 0 Å². The maximum absolute atomic E-state index is 12.5. The Hall–Kier alpha value is -3.23. The molecule has 0 aliphatic heterocycles. The van der Waals surface area contributed by atoms with E-state index >= 15 is 0 Å². The van der Waals surface area contributed by atoms with Gasteiger partial charge in [-0.1, -0.05) is 60.7 Å². The molecule has 0 heterocycles. The van der Waals surface area contributed by atoms with Gasteiger partial charge in [-0.3, -0.25) is 9.59 Å². The van der Waals surface area contributed by atoms with Gasteiger partial charge in [0.25, 0.3) is 0 Å². The summed E-state index contributed by atoms with van der Waals surface area (Å²) in [6, 6.07) is 23.9. The molecule has 0 aromatic heterocycles. The zero-order valence-electron chi connectivity index (χ0n) is 17.8. The van der Waals surface area contributed by atoms with E-state index in [-0.39, 0.29) is 34.6 Å². The largest absolute Gasteiger partial charge is 0.478 e. The zero-order valence-corrected chi connectivity index (χ0v) is 19.5. The van der Waals surface area contributed by atoms with E-state index in [9.17, 15) is 19.5 Å². The fraction of sp³-hybridized carbons (Fsp3) is 0.160. The monoisotopic (exact) mass is 480 g/mol. The molecular formula is C25H24N2O4S2. The number of rotatable bonds is 11. The molecule has 33 heavy (non-hydrogen) atoms. The van der Waals surface area contributed by atoms with Crippen molar-refractivity contribution in [2.75, 3.05) is 22.1 Å². The van der Waals surface area contributed by atoms with Crippen LogP contribution in [-0.2, 0) is 21.1 Å². The molecule has 0 atom stereocenters. The van der Waals surface area contributed by atoms with Crippen molar-refractivity contribution in [1.29, 1.82) is 0 Å². The summed E-state index contributed by atoms with van der Waals surface area (Å²) in [4.78, 5) is 36.2. The van der Waals surface area contributed by atoms with Crippen molar-refractivity contribution in [3.8, 4) is 0 Å². The van der Waals surface area contributed by atoms with Gasteiger partial charge in [-0.15, -0.1) is 23.5 Å². The zero-order chi connectivity index (χ0) is 23.5. The number of carboxylic acid groups (broad SMARTS) is 1. The third kappa shape index (κ3) is 8.32. The van der Waals surface area contributed by atoms with Crippen LogP contribution in [0.25, 0.3) is 0 Å². The van der Waals surface area contributed by atoms with E-state index in [2.05, 4.69) is 10.6 Å². The minimum Gasteiger partial charge on any atom is -0.478 e. The number of carboxylic acids is 1. The molecule has 3 aromatic rings. The standard InChI is InChI=1S/C25H24N2O4S2/c28-23(16-32-14-18-7-3-1-4-8-18)26-21-12-11-20(25(30)31)13-22(21)27-24(29)17-33-15-19-9-5-2-6-10-19/h1-13H,14-17H2,(H,26,28)(H,27,29)(H,30,31). The first-order valence-electron chi connectivity index (χ1n) is 10.2. The number of amides is 2. The number of hydrogen-bond acceptors (Lipinski definition) is 5. The summed E-state index contributed by atoms with van der Waals surface area (Å²) in [5, 5.41) is 14.8. The van der Waals surface area contributed by atoms with Crippen molar-refractivity contribution >= 4 is 52.7 Å². The maximum Gasteiger partial charge on any atom is 0.335 e. The van der Waals surface area contributed by atoms with E-state index in [1.807, 2.05) is 60.7 Å². The van der Waals surface area contributed by atoms with Gasteiger partial charge in [-0.2, -0.15) is 0 Å². The smallest absolute Gasteiger partial charge is 0.335 e. The van der Waals surface area contributed by atoms with Gasteiger partial charge in [0.2, 0.25) is 11.8 Å². The van der Waals surface area contributed by atoms with Crippen LogP contribution in [-0.4, -0.2) is 34.4 Å². The Labute approximate surface area is 201 Å². The first kappa shape index (κ1) is 24.4. The Balaban J connectivity index is 1.57. The van der Waals surface area contributed by atoms with Crippen molar-refractivity contribution in [3.63, 3.8) is 0 Å². The molecule has 0 spiro atoms. The predicted octanol–water partition coefficient (Wildman–Crippen LogP) is 5.13. The number of thioether (sulfide) groups is 2. The fourth-order valence-electron chi connectivity index (χ4n) is 2.93. The second-order valence-electron chi connectivity index (χ2n) is 7.12. The van der Waals surface area contributed by atoms with Gasteiger partial charge < -0.3 is 15.7 Å². The van der Waals surface area contributed by atoms with E-state index in [1.165, 1.54) is 41.7 Å². The number of benzene rings is 3. The highest BCUT2D eigenvalue weighted by Crippen LogP contribution is 2.25. The van der Waals surface area contributed by atoms with Crippen LogP contribution in [0.3, 0.4) is 0 Å². The lowest BCUT2D eigenvalue weighted by Gasteiger charge is -2.13. The lowest BCUT2D eigenvalue weighted by Crippen LogP contribution is -2.19. The van der Waals surface area contributed by atoms with E-state index in [0.717, 1.165) is 11.1 Å². The first-order chi connectivity index (χ1) is 16.0. The van der Waals surface area contributed by atoms with Crippen LogP contribution in [0.15, 0.2) is 78.9 Å². The molecule has 170 valence electrons. The minimum atomic E-state index is -1.11. The third-order valence-corrected chi connectivity index (χ3v) is 6.51. The molecule has 0 saturated heterocycles. The molecule has 0 saturated carbocycles. The van der Waals surface area contributed by atoms with E-state index < -0.39 is 5.97 Å². The normalized spacial score (nSPS) is 10.4. The maximum atomic E-state index is 12.5. The Morgan fingerprint density at radius 1 is 0.667 bits per heavy atom. The fourth-order valence-corrected chi connectivity index (χ4v) is 4.51.